The molecule has 0 unspecified atom stereocenters. The first kappa shape index (κ1) is 13.4. The number of amides is 1. The zero-order valence-corrected chi connectivity index (χ0v) is 10.5. The number of carbonyl (C=O) groups excluding carboxylic acids is 1. The highest BCUT2D eigenvalue weighted by Crippen LogP contribution is 2.23. The Hall–Kier alpha value is -1.71. The second-order valence-electron chi connectivity index (χ2n) is 3.89. The lowest BCUT2D eigenvalue weighted by Crippen LogP contribution is -2.17. The standard InChI is InChI=1S/C13H20N2O2/c1-3-8-17-12-9-10(4-6-11(12)14)5-7-13(16)15-2/h4,6,9H,3,5,7-8,14H2,1-2H3,(H,15,16). The summed E-state index contributed by atoms with van der Waals surface area (Å²) in [5, 5.41) is 2.60. The molecular formula is C13H20N2O2. The van der Waals surface area contributed by atoms with E-state index in [0.717, 1.165) is 12.0 Å². The molecule has 0 aliphatic heterocycles. The number of nitrogens with two attached hydrogens (primary N) is 1. The summed E-state index contributed by atoms with van der Waals surface area (Å²) in [6.45, 7) is 2.70. The molecule has 0 aromatic heterocycles. The fraction of sp³-hybridized carbons (Fsp3) is 0.462. The van der Waals surface area contributed by atoms with Crippen molar-refractivity contribution < 1.29 is 9.53 Å². The lowest BCUT2D eigenvalue weighted by atomic mass is 10.1. The Bertz CT molecular complexity index is 378. The van der Waals surface area contributed by atoms with Gasteiger partial charge in [-0.1, -0.05) is 13.0 Å². The van der Waals surface area contributed by atoms with Gasteiger partial charge in [-0.3, -0.25) is 4.79 Å². The molecule has 0 aliphatic rings. The minimum atomic E-state index is 0.0397. The summed E-state index contributed by atoms with van der Waals surface area (Å²) < 4.78 is 5.53. The molecule has 0 spiro atoms. The van der Waals surface area contributed by atoms with Gasteiger partial charge in [-0.15, -0.1) is 0 Å². The first-order chi connectivity index (χ1) is 8.17. The van der Waals surface area contributed by atoms with Gasteiger partial charge in [0.2, 0.25) is 5.91 Å². The molecule has 3 N–H and O–H groups in total. The van der Waals surface area contributed by atoms with Crippen molar-refractivity contribution in [2.75, 3.05) is 19.4 Å². The summed E-state index contributed by atoms with van der Waals surface area (Å²) in [6, 6.07) is 5.66. The number of rotatable bonds is 6. The number of nitrogen functional groups attached to an aromatic ring is 1. The van der Waals surface area contributed by atoms with E-state index in [2.05, 4.69) is 5.32 Å². The Balaban J connectivity index is 2.64. The quantitative estimate of drug-likeness (QED) is 0.739. The molecule has 0 radical (unpaired) electrons. The highest BCUT2D eigenvalue weighted by molar-refractivity contribution is 5.75. The topological polar surface area (TPSA) is 64.3 Å². The fourth-order valence-electron chi connectivity index (χ4n) is 1.45. The Morgan fingerprint density at radius 2 is 2.24 bits per heavy atom. The van der Waals surface area contributed by atoms with E-state index in [-0.39, 0.29) is 5.91 Å². The molecule has 0 heterocycles. The van der Waals surface area contributed by atoms with Crippen LogP contribution in [0.4, 0.5) is 5.69 Å². The zero-order chi connectivity index (χ0) is 12.7. The van der Waals surface area contributed by atoms with E-state index < -0.39 is 0 Å². The molecule has 0 aliphatic carbocycles. The SMILES string of the molecule is CCCOc1cc(CCC(=O)NC)ccc1N. The lowest BCUT2D eigenvalue weighted by molar-refractivity contribution is -0.120. The minimum absolute atomic E-state index is 0.0397. The van der Waals surface area contributed by atoms with Crippen molar-refractivity contribution >= 4 is 11.6 Å². The van der Waals surface area contributed by atoms with Crippen LogP contribution in [0.5, 0.6) is 5.75 Å². The molecule has 17 heavy (non-hydrogen) atoms. The Morgan fingerprint density at radius 3 is 2.88 bits per heavy atom. The Kier molecular flexibility index (Phi) is 5.33. The van der Waals surface area contributed by atoms with Crippen LogP contribution in [0, 0.1) is 0 Å². The Labute approximate surface area is 102 Å². The molecule has 1 amide bonds. The van der Waals surface area contributed by atoms with Crippen molar-refractivity contribution in [3.63, 3.8) is 0 Å². The highest BCUT2D eigenvalue weighted by Gasteiger charge is 2.04. The van der Waals surface area contributed by atoms with Gasteiger partial charge in [0.1, 0.15) is 5.75 Å². The molecule has 1 aromatic rings. The fourth-order valence-corrected chi connectivity index (χ4v) is 1.45. The molecule has 0 bridgehead atoms. The van der Waals surface area contributed by atoms with Crippen LogP contribution in [0.3, 0.4) is 0 Å². The van der Waals surface area contributed by atoms with E-state index in [4.69, 9.17) is 10.5 Å². The number of ether oxygens (including phenoxy) is 1. The van der Waals surface area contributed by atoms with Crippen LogP contribution in [0.15, 0.2) is 18.2 Å². The maximum atomic E-state index is 11.1. The van der Waals surface area contributed by atoms with Gasteiger partial charge < -0.3 is 15.8 Å². The molecule has 0 fully saturated rings. The van der Waals surface area contributed by atoms with E-state index in [1.54, 1.807) is 7.05 Å². The normalized spacial score (nSPS) is 10.0. The summed E-state index contributed by atoms with van der Waals surface area (Å²) in [4.78, 5) is 11.1. The van der Waals surface area contributed by atoms with Gasteiger partial charge in [0.25, 0.3) is 0 Å². The average Bonchev–Trinajstić information content (AvgIpc) is 2.35. The maximum Gasteiger partial charge on any atom is 0.220 e. The predicted molar refractivity (Wildman–Crippen MR) is 69.0 cm³/mol. The van der Waals surface area contributed by atoms with Crippen molar-refractivity contribution in [2.45, 2.75) is 26.2 Å². The van der Waals surface area contributed by atoms with Gasteiger partial charge in [0, 0.05) is 13.5 Å². The highest BCUT2D eigenvalue weighted by atomic mass is 16.5. The number of anilines is 1. The largest absolute Gasteiger partial charge is 0.491 e. The monoisotopic (exact) mass is 236 g/mol. The van der Waals surface area contributed by atoms with Crippen LogP contribution in [0.25, 0.3) is 0 Å². The van der Waals surface area contributed by atoms with Crippen molar-refractivity contribution in [3.8, 4) is 5.75 Å². The number of benzene rings is 1. The molecular weight excluding hydrogens is 216 g/mol. The number of carbonyl (C=O) groups is 1. The zero-order valence-electron chi connectivity index (χ0n) is 10.5. The van der Waals surface area contributed by atoms with Crippen molar-refractivity contribution in [1.29, 1.82) is 0 Å². The van der Waals surface area contributed by atoms with E-state index in [0.29, 0.717) is 30.9 Å². The lowest BCUT2D eigenvalue weighted by Gasteiger charge is -2.09. The van der Waals surface area contributed by atoms with Crippen LogP contribution in [-0.2, 0) is 11.2 Å². The summed E-state index contributed by atoms with van der Waals surface area (Å²) >= 11 is 0. The van der Waals surface area contributed by atoms with Crippen LogP contribution in [0.2, 0.25) is 0 Å². The number of hydrogen-bond donors (Lipinski definition) is 2. The van der Waals surface area contributed by atoms with Crippen molar-refractivity contribution in [3.05, 3.63) is 23.8 Å². The number of aryl methyl sites for hydroxylation is 1. The molecule has 1 rings (SSSR count). The predicted octanol–water partition coefficient (Wildman–Crippen LogP) is 1.74. The summed E-state index contributed by atoms with van der Waals surface area (Å²) in [5.41, 5.74) is 7.51. The van der Waals surface area contributed by atoms with Crippen LogP contribution < -0.4 is 15.8 Å². The van der Waals surface area contributed by atoms with Gasteiger partial charge >= 0.3 is 0 Å². The van der Waals surface area contributed by atoms with Crippen LogP contribution in [0.1, 0.15) is 25.3 Å². The molecule has 4 nitrogen and oxygen atoms in total. The summed E-state index contributed by atoms with van der Waals surface area (Å²) in [7, 11) is 1.64. The number of nitrogens with one attached hydrogen (secondary N) is 1. The molecule has 1 aromatic carbocycles. The Morgan fingerprint density at radius 1 is 1.47 bits per heavy atom. The second kappa shape index (κ2) is 6.78. The van der Waals surface area contributed by atoms with Gasteiger partial charge in [0.15, 0.2) is 0 Å². The molecule has 0 saturated carbocycles. The number of hydrogen-bond acceptors (Lipinski definition) is 3. The van der Waals surface area contributed by atoms with Crippen LogP contribution >= 0.6 is 0 Å². The van der Waals surface area contributed by atoms with E-state index in [1.165, 1.54) is 0 Å². The van der Waals surface area contributed by atoms with Gasteiger partial charge in [-0.05, 0) is 30.5 Å². The van der Waals surface area contributed by atoms with Gasteiger partial charge in [0.05, 0.1) is 12.3 Å². The van der Waals surface area contributed by atoms with Crippen molar-refractivity contribution in [2.24, 2.45) is 0 Å². The molecule has 0 saturated heterocycles. The van der Waals surface area contributed by atoms with Gasteiger partial charge in [-0.25, -0.2) is 0 Å². The molecule has 94 valence electrons. The minimum Gasteiger partial charge on any atom is -0.491 e. The van der Waals surface area contributed by atoms with E-state index >= 15 is 0 Å². The molecule has 0 atom stereocenters. The third-order valence-corrected chi connectivity index (χ3v) is 2.46. The third kappa shape index (κ3) is 4.34. The smallest absolute Gasteiger partial charge is 0.220 e. The van der Waals surface area contributed by atoms with Crippen molar-refractivity contribution in [1.82, 2.24) is 5.32 Å². The first-order valence-corrected chi connectivity index (χ1v) is 5.89. The van der Waals surface area contributed by atoms with Crippen LogP contribution in [-0.4, -0.2) is 19.6 Å². The van der Waals surface area contributed by atoms with E-state index in [9.17, 15) is 4.79 Å². The second-order valence-corrected chi connectivity index (χ2v) is 3.89. The summed E-state index contributed by atoms with van der Waals surface area (Å²) in [6.07, 6.45) is 2.12. The maximum absolute atomic E-state index is 11.1. The first-order valence-electron chi connectivity index (χ1n) is 5.89. The van der Waals surface area contributed by atoms with E-state index in [1.807, 2.05) is 25.1 Å². The summed E-state index contributed by atoms with van der Waals surface area (Å²) in [5.74, 6) is 0.749. The molecule has 4 heteroatoms. The third-order valence-electron chi connectivity index (χ3n) is 2.46. The van der Waals surface area contributed by atoms with Gasteiger partial charge in [-0.2, -0.15) is 0 Å². The average molecular weight is 236 g/mol.